The normalized spacial score (nSPS) is 16.8. The third kappa shape index (κ3) is 14.6. The number of carbonyl (C=O) groups excluding carboxylic acids is 3. The fourth-order valence-corrected chi connectivity index (χ4v) is 15.0. The standard InChI is InChI=1S/C62H76N4O12S3/c1-7-63-37-55(67)59(81(70,71)72)20-27-79-80-62(3,4)40-64(21-22-75-25-26-76-24-23-73-5)50-30-42(38-77-56-34-44-16-18-48-32-46-12-8-10-14-53(46)65(48)60(68)51(44)28-41(56)2)29-43(31-50)39-78-58-35-45-17-19-49-33-47-13-9-11-15-54(47)66(49)61(69)52(45)36-57(58)74-6/h8-15,28-31,34-36,48-49,59,63H,7,16-27,32-33,37-40H2,1-6H3,(H,70,71,72)/t48-,49-,59?/m1/s1. The second-order valence-electron chi connectivity index (χ2n) is 21.8. The first-order valence-electron chi connectivity index (χ1n) is 28.0. The van der Waals surface area contributed by atoms with Gasteiger partial charge >= 0.3 is 0 Å². The van der Waals surface area contributed by atoms with Crippen molar-refractivity contribution in [2.24, 2.45) is 0 Å². The second-order valence-corrected chi connectivity index (χ2v) is 26.5. The predicted molar refractivity (Wildman–Crippen MR) is 321 cm³/mol. The summed E-state index contributed by atoms with van der Waals surface area (Å²) in [7, 11) is 1.66. The maximum Gasteiger partial charge on any atom is 0.275 e. The number of methoxy groups -OCH3 is 2. The lowest BCUT2D eigenvalue weighted by Crippen LogP contribution is -2.39. The van der Waals surface area contributed by atoms with Gasteiger partial charge in [-0.2, -0.15) is 8.42 Å². The minimum Gasteiger partial charge on any atom is -0.493 e. The van der Waals surface area contributed by atoms with Crippen LogP contribution in [0.1, 0.15) is 99.7 Å². The first kappa shape index (κ1) is 60.0. The van der Waals surface area contributed by atoms with E-state index in [0.29, 0.717) is 93.2 Å². The Morgan fingerprint density at radius 2 is 1.32 bits per heavy atom. The molecule has 3 atom stereocenters. The minimum atomic E-state index is -4.59. The quantitative estimate of drug-likeness (QED) is 0.0262. The first-order valence-corrected chi connectivity index (χ1v) is 31.8. The monoisotopic (exact) mass is 1160 g/mol. The summed E-state index contributed by atoms with van der Waals surface area (Å²) in [5.41, 5.74) is 11.0. The van der Waals surface area contributed by atoms with Crippen LogP contribution < -0.4 is 34.2 Å². The number of nitrogens with one attached hydrogen (secondary N) is 1. The molecule has 4 aliphatic heterocycles. The van der Waals surface area contributed by atoms with Crippen molar-refractivity contribution in [3.63, 3.8) is 0 Å². The van der Waals surface area contributed by atoms with Crippen LogP contribution in [0.3, 0.4) is 0 Å². The highest BCUT2D eigenvalue weighted by Crippen LogP contribution is 2.43. The summed E-state index contributed by atoms with van der Waals surface area (Å²) < 4.78 is 70.6. The number of nitrogens with zero attached hydrogens (tertiary/aromatic N) is 3. The van der Waals surface area contributed by atoms with E-state index in [2.05, 4.69) is 54.4 Å². The highest BCUT2D eigenvalue weighted by molar-refractivity contribution is 8.77. The number of fused-ring (bicyclic) bond motifs is 8. The van der Waals surface area contributed by atoms with Crippen LogP contribution in [0.15, 0.2) is 91.0 Å². The molecule has 1 unspecified atom stereocenters. The van der Waals surface area contributed by atoms with Gasteiger partial charge < -0.3 is 48.4 Å². The van der Waals surface area contributed by atoms with Gasteiger partial charge in [0.1, 0.15) is 24.2 Å². The van der Waals surface area contributed by atoms with Gasteiger partial charge in [0.15, 0.2) is 17.3 Å². The molecule has 0 aromatic heterocycles. The number of aryl methyl sites for hydroxylation is 3. The Morgan fingerprint density at radius 3 is 1.91 bits per heavy atom. The third-order valence-corrected chi connectivity index (χ3v) is 19.9. The van der Waals surface area contributed by atoms with Gasteiger partial charge in [-0.1, -0.05) is 64.9 Å². The smallest absolute Gasteiger partial charge is 0.275 e. The van der Waals surface area contributed by atoms with E-state index in [0.717, 1.165) is 77.0 Å². The van der Waals surface area contributed by atoms with Gasteiger partial charge in [0.2, 0.25) is 0 Å². The van der Waals surface area contributed by atoms with Crippen LogP contribution in [0.4, 0.5) is 17.1 Å². The summed E-state index contributed by atoms with van der Waals surface area (Å²) in [6.07, 6.45) is 4.73. The van der Waals surface area contributed by atoms with Gasteiger partial charge in [0, 0.05) is 71.0 Å². The average Bonchev–Trinajstić information content (AvgIpc) is 3.64. The Morgan fingerprint density at radius 1 is 0.753 bits per heavy atom. The topological polar surface area (TPSA) is 183 Å². The summed E-state index contributed by atoms with van der Waals surface area (Å²) in [6.45, 7) is 11.9. The summed E-state index contributed by atoms with van der Waals surface area (Å²) in [5.74, 6) is 1.42. The van der Waals surface area contributed by atoms with Gasteiger partial charge in [0.05, 0.1) is 46.7 Å². The number of rotatable bonds is 29. The van der Waals surface area contributed by atoms with Gasteiger partial charge in [0.25, 0.3) is 21.9 Å². The SMILES string of the molecule is CCNCC(=O)C(CCSSC(C)(C)CN(CCOCCOCCOC)c1cc(COc2cc3c(cc2C)C(=O)N2c4ccccc4C[C@H]2CC3)cc(COc2cc3c(cc2OC)C(=O)N2c4ccccc4C[C@H]2CC3)c1)S(=O)(=O)O. The van der Waals surface area contributed by atoms with Crippen molar-refractivity contribution < 1.29 is 55.8 Å². The molecule has 5 aromatic rings. The molecule has 2 N–H and O–H groups in total. The van der Waals surface area contributed by atoms with Crippen molar-refractivity contribution in [1.29, 1.82) is 0 Å². The Kier molecular flexibility index (Phi) is 20.1. The second kappa shape index (κ2) is 27.2. The molecule has 2 amide bonds. The number of carbonyl (C=O) groups is 3. The third-order valence-electron chi connectivity index (χ3n) is 15.4. The molecule has 9 rings (SSSR count). The highest BCUT2D eigenvalue weighted by Gasteiger charge is 2.39. The Bertz CT molecular complexity index is 3170. The zero-order valence-corrected chi connectivity index (χ0v) is 49.8. The number of ether oxygens (including phenoxy) is 6. The molecular weight excluding hydrogens is 1090 g/mol. The van der Waals surface area contributed by atoms with Crippen molar-refractivity contribution in [3.05, 3.63) is 141 Å². The Balaban J connectivity index is 0.988. The molecule has 0 spiro atoms. The summed E-state index contributed by atoms with van der Waals surface area (Å²) in [4.78, 5) is 47.6. The van der Waals surface area contributed by atoms with E-state index in [1.54, 1.807) is 25.0 Å². The van der Waals surface area contributed by atoms with Crippen molar-refractivity contribution in [3.8, 4) is 17.2 Å². The number of Topliss-reactive ketones (excluding diaryl/α,β-unsaturated/α-hetero) is 1. The van der Waals surface area contributed by atoms with Crippen LogP contribution in [0.5, 0.6) is 17.2 Å². The van der Waals surface area contributed by atoms with Crippen molar-refractivity contribution in [2.45, 2.75) is 108 Å². The molecule has 434 valence electrons. The van der Waals surface area contributed by atoms with Gasteiger partial charge in [-0.15, -0.1) is 0 Å². The van der Waals surface area contributed by atoms with Crippen molar-refractivity contribution in [1.82, 2.24) is 5.32 Å². The summed E-state index contributed by atoms with van der Waals surface area (Å²) >= 11 is 0. The molecule has 0 fully saturated rings. The van der Waals surface area contributed by atoms with Gasteiger partial charge in [-0.05, 0) is 166 Å². The maximum absolute atomic E-state index is 14.3. The summed E-state index contributed by atoms with van der Waals surface area (Å²) in [6, 6.07) is 30.6. The molecule has 0 saturated carbocycles. The van der Waals surface area contributed by atoms with Crippen molar-refractivity contribution >= 4 is 66.4 Å². The van der Waals surface area contributed by atoms with E-state index < -0.39 is 25.9 Å². The van der Waals surface area contributed by atoms with Gasteiger partial charge in [-0.3, -0.25) is 18.9 Å². The van der Waals surface area contributed by atoms with E-state index in [4.69, 9.17) is 28.4 Å². The first-order chi connectivity index (χ1) is 39.0. The Hall–Kier alpha value is -5.64. The fraction of sp³-hybridized carbons (Fsp3) is 0.468. The predicted octanol–water partition coefficient (Wildman–Crippen LogP) is 9.67. The lowest BCUT2D eigenvalue weighted by atomic mass is 9.98. The van der Waals surface area contributed by atoms with Crippen LogP contribution in [0.25, 0.3) is 0 Å². The number of amides is 2. The number of para-hydroxylation sites is 2. The highest BCUT2D eigenvalue weighted by atomic mass is 33.1. The van der Waals surface area contributed by atoms with Crippen LogP contribution in [-0.2, 0) is 68.0 Å². The maximum atomic E-state index is 14.3. The molecule has 0 bridgehead atoms. The zero-order chi connectivity index (χ0) is 57.3. The van der Waals surface area contributed by atoms with E-state index in [-0.39, 0.29) is 50.1 Å². The molecule has 5 aromatic carbocycles. The average molecular weight is 1170 g/mol. The molecule has 4 aliphatic rings. The number of hydrogen-bond acceptors (Lipinski definition) is 15. The largest absolute Gasteiger partial charge is 0.493 e. The molecule has 0 saturated heterocycles. The van der Waals surface area contributed by atoms with Crippen LogP contribution in [0.2, 0.25) is 0 Å². The summed E-state index contributed by atoms with van der Waals surface area (Å²) in [5, 5.41) is 1.36. The van der Waals surface area contributed by atoms with Gasteiger partial charge in [-0.25, -0.2) is 0 Å². The zero-order valence-electron chi connectivity index (χ0n) is 47.3. The van der Waals surface area contributed by atoms with E-state index >= 15 is 0 Å². The number of likely N-dealkylation sites (N-methyl/N-ethyl adjacent to an activating group) is 1. The van der Waals surface area contributed by atoms with Crippen LogP contribution in [0, 0.1) is 6.92 Å². The van der Waals surface area contributed by atoms with E-state index in [1.807, 2.05) is 84.3 Å². The number of hydrogen-bond donors (Lipinski definition) is 2. The lowest BCUT2D eigenvalue weighted by Gasteiger charge is -2.34. The molecule has 19 heteroatoms. The minimum absolute atomic E-state index is 0.0211. The molecular formula is C62H76N4O12S3. The van der Waals surface area contributed by atoms with Crippen molar-refractivity contribution in [2.75, 3.05) is 93.9 Å². The molecule has 0 aliphatic carbocycles. The number of ketones is 1. The number of anilines is 3. The molecule has 4 heterocycles. The number of benzene rings is 5. The van der Waals surface area contributed by atoms with Crippen LogP contribution >= 0.6 is 21.6 Å². The fourth-order valence-electron chi connectivity index (χ4n) is 11.4. The molecule has 81 heavy (non-hydrogen) atoms. The van der Waals surface area contributed by atoms with E-state index in [1.165, 1.54) is 21.9 Å². The molecule has 16 nitrogen and oxygen atoms in total. The Labute approximate surface area is 485 Å². The lowest BCUT2D eigenvalue weighted by molar-refractivity contribution is -0.118. The molecule has 0 radical (unpaired) electrons. The van der Waals surface area contributed by atoms with E-state index in [9.17, 15) is 27.4 Å². The van der Waals surface area contributed by atoms with Crippen LogP contribution in [-0.4, -0.2) is 132 Å².